The number of halogens is 1. The first-order chi connectivity index (χ1) is 7.54. The van der Waals surface area contributed by atoms with Gasteiger partial charge in [0.2, 0.25) is 5.91 Å². The predicted octanol–water partition coefficient (Wildman–Crippen LogP) is 1.58. The van der Waals surface area contributed by atoms with Crippen molar-refractivity contribution < 1.29 is 9.59 Å². The molecule has 0 aromatic carbocycles. The summed E-state index contributed by atoms with van der Waals surface area (Å²) in [4.78, 5) is 24.0. The van der Waals surface area contributed by atoms with Crippen LogP contribution < -0.4 is 10.6 Å². The minimum absolute atomic E-state index is 0.103. The molecule has 0 unspecified atom stereocenters. The highest BCUT2D eigenvalue weighted by Gasteiger charge is 2.13. The molecule has 0 spiro atoms. The van der Waals surface area contributed by atoms with Crippen molar-refractivity contribution in [1.29, 1.82) is 0 Å². The number of hydrogen-bond donors (Lipinski definition) is 2. The van der Waals surface area contributed by atoms with Crippen LogP contribution in [0.25, 0.3) is 0 Å². The SMILES string of the molecule is CNC(=O)CCNC(=O)c1sc(C)cc1Cl. The van der Waals surface area contributed by atoms with Crippen LogP contribution in [0.3, 0.4) is 0 Å². The second-order valence-electron chi connectivity index (χ2n) is 3.21. The van der Waals surface area contributed by atoms with Gasteiger partial charge in [-0.3, -0.25) is 9.59 Å². The normalized spacial score (nSPS) is 9.94. The summed E-state index contributed by atoms with van der Waals surface area (Å²) in [5.41, 5.74) is 0. The van der Waals surface area contributed by atoms with E-state index in [0.717, 1.165) is 4.88 Å². The van der Waals surface area contributed by atoms with Crippen LogP contribution in [0.5, 0.6) is 0 Å². The van der Waals surface area contributed by atoms with Gasteiger partial charge in [-0.05, 0) is 13.0 Å². The zero-order valence-electron chi connectivity index (χ0n) is 9.09. The molecule has 88 valence electrons. The molecular weight excluding hydrogens is 248 g/mol. The van der Waals surface area contributed by atoms with Crippen LogP contribution in [-0.4, -0.2) is 25.4 Å². The van der Waals surface area contributed by atoms with Crippen LogP contribution >= 0.6 is 22.9 Å². The monoisotopic (exact) mass is 260 g/mol. The molecule has 1 rings (SSSR count). The van der Waals surface area contributed by atoms with Crippen molar-refractivity contribution in [2.24, 2.45) is 0 Å². The van der Waals surface area contributed by atoms with E-state index in [1.54, 1.807) is 13.1 Å². The van der Waals surface area contributed by atoms with E-state index in [1.165, 1.54) is 11.3 Å². The summed E-state index contributed by atoms with van der Waals surface area (Å²) in [5, 5.41) is 5.58. The Morgan fingerprint density at radius 3 is 2.69 bits per heavy atom. The van der Waals surface area contributed by atoms with Crippen LogP contribution in [0, 0.1) is 6.92 Å². The maximum absolute atomic E-state index is 11.6. The molecule has 1 aromatic rings. The molecule has 2 N–H and O–H groups in total. The van der Waals surface area contributed by atoms with Crippen LogP contribution in [0.4, 0.5) is 0 Å². The molecule has 0 aliphatic rings. The van der Waals surface area contributed by atoms with E-state index in [1.807, 2.05) is 6.92 Å². The molecule has 1 aromatic heterocycles. The first-order valence-electron chi connectivity index (χ1n) is 4.79. The fourth-order valence-corrected chi connectivity index (χ4v) is 2.38. The lowest BCUT2D eigenvalue weighted by molar-refractivity contribution is -0.120. The van der Waals surface area contributed by atoms with Crippen LogP contribution in [0.15, 0.2) is 6.07 Å². The lowest BCUT2D eigenvalue weighted by atomic mass is 10.3. The molecular formula is C10H13ClN2O2S. The number of nitrogens with one attached hydrogen (secondary N) is 2. The molecule has 4 nitrogen and oxygen atoms in total. The number of amides is 2. The molecule has 0 saturated carbocycles. The Morgan fingerprint density at radius 1 is 1.50 bits per heavy atom. The molecule has 16 heavy (non-hydrogen) atoms. The van der Waals surface area contributed by atoms with E-state index >= 15 is 0 Å². The fraction of sp³-hybridized carbons (Fsp3) is 0.400. The number of thiophene rings is 1. The van der Waals surface area contributed by atoms with Crippen molar-refractivity contribution in [1.82, 2.24) is 10.6 Å². The molecule has 0 aliphatic carbocycles. The number of hydrogen-bond acceptors (Lipinski definition) is 3. The van der Waals surface area contributed by atoms with Crippen molar-refractivity contribution in [3.8, 4) is 0 Å². The van der Waals surface area contributed by atoms with Gasteiger partial charge in [0, 0.05) is 24.9 Å². The molecule has 0 saturated heterocycles. The quantitative estimate of drug-likeness (QED) is 0.864. The summed E-state index contributed by atoms with van der Waals surface area (Å²) in [6.07, 6.45) is 0.268. The first-order valence-corrected chi connectivity index (χ1v) is 5.98. The van der Waals surface area contributed by atoms with Gasteiger partial charge in [-0.25, -0.2) is 0 Å². The van der Waals surface area contributed by atoms with E-state index in [2.05, 4.69) is 10.6 Å². The van der Waals surface area contributed by atoms with Gasteiger partial charge in [0.1, 0.15) is 4.88 Å². The number of carbonyl (C=O) groups excluding carboxylic acids is 2. The molecule has 0 aliphatic heterocycles. The molecule has 0 bridgehead atoms. The van der Waals surface area contributed by atoms with Crippen LogP contribution in [-0.2, 0) is 4.79 Å². The summed E-state index contributed by atoms with van der Waals surface area (Å²) in [6, 6.07) is 1.75. The molecule has 1 heterocycles. The average molecular weight is 261 g/mol. The minimum Gasteiger partial charge on any atom is -0.359 e. The van der Waals surface area contributed by atoms with Gasteiger partial charge in [-0.15, -0.1) is 11.3 Å². The van der Waals surface area contributed by atoms with Crippen molar-refractivity contribution in [2.45, 2.75) is 13.3 Å². The van der Waals surface area contributed by atoms with Gasteiger partial charge < -0.3 is 10.6 Å². The van der Waals surface area contributed by atoms with E-state index in [-0.39, 0.29) is 18.2 Å². The average Bonchev–Trinajstić information content (AvgIpc) is 2.57. The number of aryl methyl sites for hydroxylation is 1. The summed E-state index contributed by atoms with van der Waals surface area (Å²) >= 11 is 7.22. The van der Waals surface area contributed by atoms with E-state index in [4.69, 9.17) is 11.6 Å². The Bertz CT molecular complexity index is 404. The third-order valence-corrected chi connectivity index (χ3v) is 3.39. The molecule has 0 radical (unpaired) electrons. The third-order valence-electron chi connectivity index (χ3n) is 1.93. The maximum Gasteiger partial charge on any atom is 0.262 e. The van der Waals surface area contributed by atoms with Gasteiger partial charge in [0.15, 0.2) is 0 Å². The largest absolute Gasteiger partial charge is 0.359 e. The van der Waals surface area contributed by atoms with Crippen LogP contribution in [0.2, 0.25) is 5.02 Å². The number of rotatable bonds is 4. The van der Waals surface area contributed by atoms with Crippen molar-refractivity contribution in [3.63, 3.8) is 0 Å². The minimum atomic E-state index is -0.230. The Balaban J connectivity index is 2.47. The zero-order valence-corrected chi connectivity index (χ0v) is 10.7. The maximum atomic E-state index is 11.6. The Labute approximate surface area is 103 Å². The zero-order chi connectivity index (χ0) is 12.1. The van der Waals surface area contributed by atoms with E-state index < -0.39 is 0 Å². The summed E-state index contributed by atoms with van der Waals surface area (Å²) in [7, 11) is 1.56. The highest BCUT2D eigenvalue weighted by molar-refractivity contribution is 7.14. The lowest BCUT2D eigenvalue weighted by Gasteiger charge is -2.03. The molecule has 2 amide bonds. The topological polar surface area (TPSA) is 58.2 Å². The van der Waals surface area contributed by atoms with E-state index in [9.17, 15) is 9.59 Å². The van der Waals surface area contributed by atoms with Gasteiger partial charge >= 0.3 is 0 Å². The Morgan fingerprint density at radius 2 is 2.19 bits per heavy atom. The van der Waals surface area contributed by atoms with Crippen molar-refractivity contribution in [3.05, 3.63) is 20.8 Å². The van der Waals surface area contributed by atoms with Crippen molar-refractivity contribution in [2.75, 3.05) is 13.6 Å². The number of carbonyl (C=O) groups is 2. The lowest BCUT2D eigenvalue weighted by Crippen LogP contribution is -2.28. The molecule has 6 heteroatoms. The molecule has 0 atom stereocenters. The van der Waals surface area contributed by atoms with Gasteiger partial charge in [0.25, 0.3) is 5.91 Å². The Kier molecular flexibility index (Phi) is 4.76. The predicted molar refractivity (Wildman–Crippen MR) is 65.1 cm³/mol. The second-order valence-corrected chi connectivity index (χ2v) is 4.88. The van der Waals surface area contributed by atoms with Gasteiger partial charge in [0.05, 0.1) is 5.02 Å². The first kappa shape index (κ1) is 13.0. The van der Waals surface area contributed by atoms with Gasteiger partial charge in [-0.2, -0.15) is 0 Å². The standard InChI is InChI=1S/C10H13ClN2O2S/c1-6-5-7(11)9(16-6)10(15)13-4-3-8(14)12-2/h5H,3-4H2,1-2H3,(H,12,14)(H,13,15). The van der Waals surface area contributed by atoms with Crippen molar-refractivity contribution >= 4 is 34.8 Å². The fourth-order valence-electron chi connectivity index (χ4n) is 1.13. The summed E-state index contributed by atoms with van der Waals surface area (Å²) < 4.78 is 0. The second kappa shape index (κ2) is 5.86. The van der Waals surface area contributed by atoms with Gasteiger partial charge in [-0.1, -0.05) is 11.6 Å². The van der Waals surface area contributed by atoms with Crippen LogP contribution in [0.1, 0.15) is 21.0 Å². The Hall–Kier alpha value is -1.07. The highest BCUT2D eigenvalue weighted by Crippen LogP contribution is 2.25. The summed E-state index contributed by atoms with van der Waals surface area (Å²) in [5.74, 6) is -0.333. The van der Waals surface area contributed by atoms with E-state index in [0.29, 0.717) is 16.4 Å². The highest BCUT2D eigenvalue weighted by atomic mass is 35.5. The third kappa shape index (κ3) is 3.50. The smallest absolute Gasteiger partial charge is 0.262 e. The summed E-state index contributed by atoms with van der Waals surface area (Å²) in [6.45, 7) is 2.20. The molecule has 0 fully saturated rings.